The number of anilines is 2. The maximum absolute atomic E-state index is 12.6. The molecule has 0 aliphatic rings. The number of nitrogens with one attached hydrogen (secondary N) is 2. The number of halogens is 2. The lowest BCUT2D eigenvalue weighted by Crippen LogP contribution is -2.15. The Morgan fingerprint density at radius 3 is 1.50 bits per heavy atom. The van der Waals surface area contributed by atoms with Crippen molar-refractivity contribution >= 4 is 55.0 Å². The van der Waals surface area contributed by atoms with Crippen molar-refractivity contribution in [3.63, 3.8) is 0 Å². The third-order valence-corrected chi connectivity index (χ3v) is 6.00. The molecule has 0 atom stereocenters. The van der Waals surface area contributed by atoms with Crippen LogP contribution >= 0.6 is 31.9 Å². The van der Waals surface area contributed by atoms with E-state index in [1.165, 1.54) is 0 Å². The van der Waals surface area contributed by atoms with Gasteiger partial charge in [-0.2, -0.15) is 0 Å². The molecule has 2 N–H and O–H groups in total. The summed E-state index contributed by atoms with van der Waals surface area (Å²) in [5.41, 5.74) is 4.28. The highest BCUT2D eigenvalue weighted by Crippen LogP contribution is 2.22. The second kappa shape index (κ2) is 8.71. The van der Waals surface area contributed by atoms with Crippen molar-refractivity contribution in [2.24, 2.45) is 0 Å². The molecule has 0 bridgehead atoms. The second-order valence-corrected chi connectivity index (χ2v) is 8.13. The number of hydrogen-bond acceptors (Lipinski definition) is 2. The summed E-state index contributed by atoms with van der Waals surface area (Å²) in [6, 6.07) is 17.8. The SMILES string of the molecule is Cc1cc(NC(=O)c2cccc(C(=O)Nc3ccc(Br)c(C)c3)c2)ccc1Br. The molecule has 0 aliphatic heterocycles. The van der Waals surface area contributed by atoms with Gasteiger partial charge in [0.1, 0.15) is 0 Å². The van der Waals surface area contributed by atoms with Crippen LogP contribution in [0.1, 0.15) is 31.8 Å². The molecule has 3 aromatic carbocycles. The summed E-state index contributed by atoms with van der Waals surface area (Å²) in [4.78, 5) is 25.1. The number of rotatable bonds is 4. The average Bonchev–Trinajstić information content (AvgIpc) is 2.67. The Labute approximate surface area is 180 Å². The van der Waals surface area contributed by atoms with E-state index in [2.05, 4.69) is 42.5 Å². The van der Waals surface area contributed by atoms with Crippen molar-refractivity contribution in [3.05, 3.63) is 91.9 Å². The van der Waals surface area contributed by atoms with Crippen LogP contribution in [0.2, 0.25) is 0 Å². The molecule has 0 spiro atoms. The molecule has 0 radical (unpaired) electrons. The number of amides is 2. The molecule has 6 heteroatoms. The van der Waals surface area contributed by atoms with Crippen LogP contribution in [0.3, 0.4) is 0 Å². The number of carbonyl (C=O) groups is 2. The topological polar surface area (TPSA) is 58.2 Å². The van der Waals surface area contributed by atoms with Gasteiger partial charge in [-0.1, -0.05) is 37.9 Å². The molecule has 28 heavy (non-hydrogen) atoms. The van der Waals surface area contributed by atoms with Gasteiger partial charge >= 0.3 is 0 Å². The Balaban J connectivity index is 1.75. The van der Waals surface area contributed by atoms with Crippen molar-refractivity contribution in [1.29, 1.82) is 0 Å². The van der Waals surface area contributed by atoms with Gasteiger partial charge in [-0.3, -0.25) is 9.59 Å². The Bertz CT molecular complexity index is 983. The fourth-order valence-corrected chi connectivity index (χ4v) is 3.15. The number of carbonyl (C=O) groups excluding carboxylic acids is 2. The summed E-state index contributed by atoms with van der Waals surface area (Å²) in [6.45, 7) is 3.91. The van der Waals surface area contributed by atoms with E-state index in [1.807, 2.05) is 50.2 Å². The summed E-state index contributed by atoms with van der Waals surface area (Å²) >= 11 is 6.88. The van der Waals surface area contributed by atoms with Crippen LogP contribution in [-0.4, -0.2) is 11.8 Å². The summed E-state index contributed by atoms with van der Waals surface area (Å²) in [7, 11) is 0. The summed E-state index contributed by atoms with van der Waals surface area (Å²) in [6.07, 6.45) is 0. The minimum absolute atomic E-state index is 0.268. The largest absolute Gasteiger partial charge is 0.322 e. The summed E-state index contributed by atoms with van der Waals surface area (Å²) < 4.78 is 1.96. The Hall–Kier alpha value is -2.44. The molecule has 142 valence electrons. The van der Waals surface area contributed by atoms with Crippen molar-refractivity contribution < 1.29 is 9.59 Å². The van der Waals surface area contributed by atoms with E-state index in [1.54, 1.807) is 24.3 Å². The molecular formula is C22H18Br2N2O2. The van der Waals surface area contributed by atoms with Crippen LogP contribution in [0.25, 0.3) is 0 Å². The van der Waals surface area contributed by atoms with Crippen molar-refractivity contribution in [2.75, 3.05) is 10.6 Å². The van der Waals surface area contributed by atoms with Crippen LogP contribution in [0, 0.1) is 13.8 Å². The summed E-state index contributed by atoms with van der Waals surface area (Å²) in [5, 5.41) is 5.72. The second-order valence-electron chi connectivity index (χ2n) is 6.42. The zero-order chi connectivity index (χ0) is 20.3. The molecule has 0 heterocycles. The molecule has 0 aliphatic carbocycles. The van der Waals surface area contributed by atoms with Gasteiger partial charge < -0.3 is 10.6 Å². The first-order valence-corrected chi connectivity index (χ1v) is 10.2. The predicted octanol–water partition coefficient (Wildman–Crippen LogP) is 6.33. The molecule has 2 amide bonds. The molecule has 3 aromatic rings. The predicted molar refractivity (Wildman–Crippen MR) is 120 cm³/mol. The molecule has 4 nitrogen and oxygen atoms in total. The zero-order valence-electron chi connectivity index (χ0n) is 15.3. The molecule has 0 fully saturated rings. The van der Waals surface area contributed by atoms with Gasteiger partial charge in [0.15, 0.2) is 0 Å². The monoisotopic (exact) mass is 500 g/mol. The molecule has 0 aromatic heterocycles. The van der Waals surface area contributed by atoms with E-state index in [0.29, 0.717) is 22.5 Å². The minimum Gasteiger partial charge on any atom is -0.322 e. The fourth-order valence-electron chi connectivity index (χ4n) is 2.65. The Morgan fingerprint density at radius 1 is 0.679 bits per heavy atom. The first kappa shape index (κ1) is 20.3. The maximum Gasteiger partial charge on any atom is 0.255 e. The third kappa shape index (κ3) is 4.88. The first-order valence-electron chi connectivity index (χ1n) is 8.58. The van der Waals surface area contributed by atoms with Crippen LogP contribution < -0.4 is 10.6 Å². The van der Waals surface area contributed by atoms with Gasteiger partial charge in [0.2, 0.25) is 0 Å². The standard InChI is InChI=1S/C22H18Br2N2O2/c1-13-10-17(6-8-19(13)23)25-21(27)15-4-3-5-16(12-15)22(28)26-18-7-9-20(24)14(2)11-18/h3-12H,1-2H3,(H,25,27)(H,26,28). The van der Waals surface area contributed by atoms with Gasteiger partial charge in [-0.25, -0.2) is 0 Å². The normalized spacial score (nSPS) is 10.4. The first-order chi connectivity index (χ1) is 13.3. The van der Waals surface area contributed by atoms with E-state index < -0.39 is 0 Å². The van der Waals surface area contributed by atoms with Crippen LogP contribution in [0.5, 0.6) is 0 Å². The smallest absolute Gasteiger partial charge is 0.255 e. The fraction of sp³-hybridized carbons (Fsp3) is 0.0909. The lowest BCUT2D eigenvalue weighted by molar-refractivity contribution is 0.102. The lowest BCUT2D eigenvalue weighted by atomic mass is 10.1. The number of benzene rings is 3. The molecule has 3 rings (SSSR count). The molecule has 0 unspecified atom stereocenters. The number of hydrogen-bond donors (Lipinski definition) is 2. The number of aryl methyl sites for hydroxylation is 2. The van der Waals surface area contributed by atoms with E-state index in [4.69, 9.17) is 0 Å². The molecule has 0 saturated heterocycles. The van der Waals surface area contributed by atoms with Gasteiger partial charge in [-0.05, 0) is 79.6 Å². The average molecular weight is 502 g/mol. The lowest BCUT2D eigenvalue weighted by Gasteiger charge is -2.10. The van der Waals surface area contributed by atoms with Crippen molar-refractivity contribution in [2.45, 2.75) is 13.8 Å². The quantitative estimate of drug-likeness (QED) is 0.438. The van der Waals surface area contributed by atoms with Crippen molar-refractivity contribution in [1.82, 2.24) is 0 Å². The van der Waals surface area contributed by atoms with E-state index in [9.17, 15) is 9.59 Å². The molecular weight excluding hydrogens is 484 g/mol. The highest BCUT2D eigenvalue weighted by molar-refractivity contribution is 9.10. The molecule has 0 saturated carbocycles. The van der Waals surface area contributed by atoms with Crippen LogP contribution in [0.15, 0.2) is 69.6 Å². The van der Waals surface area contributed by atoms with Crippen molar-refractivity contribution in [3.8, 4) is 0 Å². The minimum atomic E-state index is -0.268. The van der Waals surface area contributed by atoms with Gasteiger partial charge in [0.05, 0.1) is 0 Å². The van der Waals surface area contributed by atoms with E-state index in [0.717, 1.165) is 20.1 Å². The van der Waals surface area contributed by atoms with Gasteiger partial charge in [0.25, 0.3) is 11.8 Å². The Morgan fingerprint density at radius 2 is 1.11 bits per heavy atom. The van der Waals surface area contributed by atoms with Gasteiger partial charge in [0, 0.05) is 31.4 Å². The summed E-state index contributed by atoms with van der Waals surface area (Å²) in [5.74, 6) is -0.535. The Kier molecular flexibility index (Phi) is 6.31. The zero-order valence-corrected chi connectivity index (χ0v) is 18.5. The van der Waals surface area contributed by atoms with E-state index >= 15 is 0 Å². The highest BCUT2D eigenvalue weighted by Gasteiger charge is 2.12. The highest BCUT2D eigenvalue weighted by atomic mass is 79.9. The van der Waals surface area contributed by atoms with Crippen LogP contribution in [-0.2, 0) is 0 Å². The third-order valence-electron chi connectivity index (χ3n) is 4.22. The van der Waals surface area contributed by atoms with Gasteiger partial charge in [-0.15, -0.1) is 0 Å². The van der Waals surface area contributed by atoms with Crippen LogP contribution in [0.4, 0.5) is 11.4 Å². The maximum atomic E-state index is 12.6. The van der Waals surface area contributed by atoms with E-state index in [-0.39, 0.29) is 11.8 Å².